The first kappa shape index (κ1) is 15.1. The predicted molar refractivity (Wildman–Crippen MR) is 74.0 cm³/mol. The van der Waals surface area contributed by atoms with Gasteiger partial charge in [-0.3, -0.25) is 0 Å². The number of nitrogens with two attached hydrogens (primary N) is 1. The highest BCUT2D eigenvalue weighted by molar-refractivity contribution is 7.89. The minimum Gasteiger partial charge on any atom is -0.327 e. The fourth-order valence-corrected chi connectivity index (χ4v) is 2.60. The van der Waals surface area contributed by atoms with Gasteiger partial charge in [-0.15, -0.1) is 0 Å². The van der Waals surface area contributed by atoms with E-state index in [1.54, 1.807) is 19.1 Å². The van der Waals surface area contributed by atoms with Gasteiger partial charge in [0.2, 0.25) is 10.0 Å². The summed E-state index contributed by atoms with van der Waals surface area (Å²) >= 11 is 0. The van der Waals surface area contributed by atoms with E-state index in [4.69, 9.17) is 5.73 Å². The molecule has 0 saturated carbocycles. The van der Waals surface area contributed by atoms with Crippen LogP contribution in [0.1, 0.15) is 33.3 Å². The first-order valence-electron chi connectivity index (χ1n) is 5.99. The molecule has 102 valence electrons. The average Bonchev–Trinajstić information content (AvgIpc) is 2.26. The monoisotopic (exact) mass is 270 g/mol. The highest BCUT2D eigenvalue weighted by atomic mass is 32.2. The Kier molecular flexibility index (Phi) is 4.53. The topological polar surface area (TPSA) is 72.2 Å². The fraction of sp³-hybridized carbons (Fsp3) is 0.538. The van der Waals surface area contributed by atoms with Crippen LogP contribution < -0.4 is 10.5 Å². The van der Waals surface area contributed by atoms with E-state index in [9.17, 15) is 8.42 Å². The largest absolute Gasteiger partial charge is 0.327 e. The lowest BCUT2D eigenvalue weighted by atomic mass is 9.87. The lowest BCUT2D eigenvalue weighted by Gasteiger charge is -2.19. The molecule has 0 aromatic heterocycles. The highest BCUT2D eigenvalue weighted by Gasteiger charge is 2.17. The van der Waals surface area contributed by atoms with Crippen LogP contribution in [-0.2, 0) is 15.4 Å². The van der Waals surface area contributed by atoms with E-state index in [-0.39, 0.29) is 22.9 Å². The molecule has 1 rings (SSSR count). The van der Waals surface area contributed by atoms with Gasteiger partial charge in [-0.1, -0.05) is 32.9 Å². The third-order valence-electron chi connectivity index (χ3n) is 2.63. The molecule has 0 amide bonds. The Bertz CT molecular complexity index is 485. The minimum atomic E-state index is -3.45. The van der Waals surface area contributed by atoms with E-state index in [1.165, 1.54) is 0 Å². The van der Waals surface area contributed by atoms with Crippen molar-refractivity contribution in [2.45, 2.75) is 44.0 Å². The Labute approximate surface area is 110 Å². The van der Waals surface area contributed by atoms with E-state index in [1.807, 2.05) is 12.1 Å². The number of hydrogen-bond acceptors (Lipinski definition) is 3. The smallest absolute Gasteiger partial charge is 0.240 e. The van der Waals surface area contributed by atoms with Crippen molar-refractivity contribution in [1.29, 1.82) is 0 Å². The van der Waals surface area contributed by atoms with Gasteiger partial charge >= 0.3 is 0 Å². The second kappa shape index (κ2) is 5.38. The first-order valence-corrected chi connectivity index (χ1v) is 7.47. The Morgan fingerprint density at radius 3 is 2.11 bits per heavy atom. The molecule has 18 heavy (non-hydrogen) atoms. The second-order valence-electron chi connectivity index (χ2n) is 5.60. The van der Waals surface area contributed by atoms with E-state index < -0.39 is 10.0 Å². The van der Waals surface area contributed by atoms with Crippen molar-refractivity contribution >= 4 is 10.0 Å². The molecule has 3 N–H and O–H groups in total. The third-order valence-corrected chi connectivity index (χ3v) is 4.07. The number of rotatable bonds is 4. The van der Waals surface area contributed by atoms with Crippen LogP contribution in [0.3, 0.4) is 0 Å². The molecule has 1 unspecified atom stereocenters. The number of hydrogen-bond donors (Lipinski definition) is 2. The van der Waals surface area contributed by atoms with Crippen LogP contribution in [0.4, 0.5) is 0 Å². The summed E-state index contributed by atoms with van der Waals surface area (Å²) < 4.78 is 26.3. The Morgan fingerprint density at radius 2 is 1.72 bits per heavy atom. The van der Waals surface area contributed by atoms with E-state index in [2.05, 4.69) is 25.5 Å². The predicted octanol–water partition coefficient (Wildman–Crippen LogP) is 1.61. The van der Waals surface area contributed by atoms with Crippen molar-refractivity contribution in [2.75, 3.05) is 6.54 Å². The molecular weight excluding hydrogens is 248 g/mol. The average molecular weight is 270 g/mol. The molecule has 1 atom stereocenters. The van der Waals surface area contributed by atoms with Crippen molar-refractivity contribution in [3.8, 4) is 0 Å². The van der Waals surface area contributed by atoms with Gasteiger partial charge in [0.25, 0.3) is 0 Å². The molecule has 0 saturated heterocycles. The van der Waals surface area contributed by atoms with Crippen molar-refractivity contribution in [3.63, 3.8) is 0 Å². The van der Waals surface area contributed by atoms with Gasteiger partial charge in [0.15, 0.2) is 0 Å². The summed E-state index contributed by atoms with van der Waals surface area (Å²) in [7, 11) is -3.45. The molecule has 0 radical (unpaired) electrons. The summed E-state index contributed by atoms with van der Waals surface area (Å²) in [5.74, 6) is 0. The summed E-state index contributed by atoms with van der Waals surface area (Å²) in [5, 5.41) is 0. The molecule has 0 fully saturated rings. The summed E-state index contributed by atoms with van der Waals surface area (Å²) in [6.45, 7) is 8.26. The normalized spacial score (nSPS) is 14.5. The molecule has 1 aromatic carbocycles. The van der Waals surface area contributed by atoms with Crippen molar-refractivity contribution in [1.82, 2.24) is 4.72 Å². The van der Waals surface area contributed by atoms with Crippen molar-refractivity contribution in [2.24, 2.45) is 5.73 Å². The Hall–Kier alpha value is -0.910. The van der Waals surface area contributed by atoms with Gasteiger partial charge in [0, 0.05) is 12.6 Å². The molecular formula is C13H22N2O2S. The molecule has 1 aromatic rings. The first-order chi connectivity index (χ1) is 8.13. The van der Waals surface area contributed by atoms with Crippen LogP contribution in [0.5, 0.6) is 0 Å². The lowest BCUT2D eigenvalue weighted by molar-refractivity contribution is 0.572. The Balaban J connectivity index is 2.91. The van der Waals surface area contributed by atoms with Crippen LogP contribution in [-0.4, -0.2) is 21.0 Å². The zero-order valence-electron chi connectivity index (χ0n) is 11.4. The summed E-state index contributed by atoms with van der Waals surface area (Å²) in [6.07, 6.45) is 0. The minimum absolute atomic E-state index is 0.0154. The standard InChI is InChI=1S/C13H22N2O2S/c1-10(14)9-15-18(16,17)12-7-5-11(6-8-12)13(2,3)4/h5-8,10,15H,9,14H2,1-4H3. The van der Waals surface area contributed by atoms with Crippen LogP contribution in [0.2, 0.25) is 0 Å². The van der Waals surface area contributed by atoms with Crippen LogP contribution >= 0.6 is 0 Å². The van der Waals surface area contributed by atoms with E-state index in [0.29, 0.717) is 0 Å². The Morgan fingerprint density at radius 1 is 1.22 bits per heavy atom. The summed E-state index contributed by atoms with van der Waals surface area (Å²) in [5.41, 5.74) is 6.65. The molecule has 5 heteroatoms. The third kappa shape index (κ3) is 4.08. The maximum Gasteiger partial charge on any atom is 0.240 e. The molecule has 0 aliphatic heterocycles. The van der Waals surface area contributed by atoms with Crippen LogP contribution in [0.15, 0.2) is 29.2 Å². The van der Waals surface area contributed by atoms with Gasteiger partial charge in [-0.05, 0) is 30.0 Å². The molecule has 0 bridgehead atoms. The number of nitrogens with one attached hydrogen (secondary N) is 1. The van der Waals surface area contributed by atoms with Crippen molar-refractivity contribution < 1.29 is 8.42 Å². The van der Waals surface area contributed by atoms with Gasteiger partial charge in [0.05, 0.1) is 4.90 Å². The number of benzene rings is 1. The van der Waals surface area contributed by atoms with Gasteiger partial charge < -0.3 is 5.73 Å². The summed E-state index contributed by atoms with van der Waals surface area (Å²) in [4.78, 5) is 0.274. The summed E-state index contributed by atoms with van der Waals surface area (Å²) in [6, 6.07) is 6.75. The van der Waals surface area contributed by atoms with E-state index >= 15 is 0 Å². The van der Waals surface area contributed by atoms with Crippen molar-refractivity contribution in [3.05, 3.63) is 29.8 Å². The quantitative estimate of drug-likeness (QED) is 0.873. The molecule has 0 aliphatic rings. The zero-order chi connectivity index (χ0) is 14.0. The van der Waals surface area contributed by atoms with Crippen LogP contribution in [0, 0.1) is 0 Å². The van der Waals surface area contributed by atoms with Gasteiger partial charge in [-0.25, -0.2) is 13.1 Å². The van der Waals surface area contributed by atoms with Gasteiger partial charge in [0.1, 0.15) is 0 Å². The van der Waals surface area contributed by atoms with Gasteiger partial charge in [-0.2, -0.15) is 0 Å². The zero-order valence-corrected chi connectivity index (χ0v) is 12.2. The molecule has 4 nitrogen and oxygen atoms in total. The molecule has 0 aliphatic carbocycles. The fourth-order valence-electron chi connectivity index (χ4n) is 1.46. The maximum absolute atomic E-state index is 11.9. The molecule has 0 heterocycles. The molecule has 0 spiro atoms. The van der Waals surface area contributed by atoms with Crippen LogP contribution in [0.25, 0.3) is 0 Å². The highest BCUT2D eigenvalue weighted by Crippen LogP contribution is 2.23. The maximum atomic E-state index is 11.9. The van der Waals surface area contributed by atoms with E-state index in [0.717, 1.165) is 5.56 Å². The number of sulfonamides is 1. The lowest BCUT2D eigenvalue weighted by Crippen LogP contribution is -2.35. The second-order valence-corrected chi connectivity index (χ2v) is 7.37. The SMILES string of the molecule is CC(N)CNS(=O)(=O)c1ccc(C(C)(C)C)cc1.